The Labute approximate surface area is 163 Å². The minimum Gasteiger partial charge on any atom is -0.426 e. The number of nitrogens with two attached hydrogens (primary N) is 1. The number of hydrogen-bond donors (Lipinski definition) is 1. The first-order valence-electron chi connectivity index (χ1n) is 8.60. The second-order valence-electron chi connectivity index (χ2n) is 6.41. The van der Waals surface area contributed by atoms with Gasteiger partial charge in [0, 0.05) is 21.9 Å². The molecule has 0 aliphatic carbocycles. The van der Waals surface area contributed by atoms with Crippen LogP contribution in [0.3, 0.4) is 0 Å². The van der Waals surface area contributed by atoms with Gasteiger partial charge in [0.25, 0.3) is 0 Å². The van der Waals surface area contributed by atoms with Crippen molar-refractivity contribution in [2.24, 2.45) is 5.73 Å². The van der Waals surface area contributed by atoms with E-state index in [4.69, 9.17) is 10.5 Å². The number of halogens is 1. The van der Waals surface area contributed by atoms with Gasteiger partial charge in [0.15, 0.2) is 0 Å². The van der Waals surface area contributed by atoms with Crippen LogP contribution in [0.1, 0.15) is 10.4 Å². The molecule has 2 N–H and O–H groups in total. The van der Waals surface area contributed by atoms with Crippen LogP contribution in [0.15, 0.2) is 53.4 Å². The molecule has 1 aromatic carbocycles. The van der Waals surface area contributed by atoms with Crippen LogP contribution in [0.25, 0.3) is 10.4 Å². The lowest BCUT2D eigenvalue weighted by atomic mass is 10.1. The van der Waals surface area contributed by atoms with Crippen LogP contribution in [0.4, 0.5) is 4.39 Å². The van der Waals surface area contributed by atoms with E-state index in [0.29, 0.717) is 24.2 Å². The maximum absolute atomic E-state index is 12.7. The summed E-state index contributed by atoms with van der Waals surface area (Å²) in [4.78, 5) is 25.8. The summed E-state index contributed by atoms with van der Waals surface area (Å²) >= 11 is 1.55. The number of hydrogen-bond acceptors (Lipinski definition) is 6. The normalized spacial score (nSPS) is 13.6. The van der Waals surface area contributed by atoms with E-state index in [0.717, 1.165) is 20.9 Å². The fraction of sp³-hybridized carbons (Fsp3) is 0.211. The Bertz CT molecular complexity index is 1130. The van der Waals surface area contributed by atoms with Gasteiger partial charge >= 0.3 is 11.7 Å². The van der Waals surface area contributed by atoms with Crippen molar-refractivity contribution in [3.05, 3.63) is 69.5 Å². The van der Waals surface area contributed by atoms with Gasteiger partial charge in [0.1, 0.15) is 12.1 Å². The van der Waals surface area contributed by atoms with Crippen LogP contribution in [-0.4, -0.2) is 26.9 Å². The van der Waals surface area contributed by atoms with E-state index >= 15 is 0 Å². The summed E-state index contributed by atoms with van der Waals surface area (Å²) in [7, 11) is 0. The van der Waals surface area contributed by atoms with Gasteiger partial charge < -0.3 is 10.5 Å². The Morgan fingerprint density at radius 1 is 1.32 bits per heavy atom. The Hall–Kier alpha value is -3.04. The van der Waals surface area contributed by atoms with Gasteiger partial charge in [-0.3, -0.25) is 9.36 Å². The van der Waals surface area contributed by atoms with E-state index in [1.165, 1.54) is 15.6 Å². The van der Waals surface area contributed by atoms with Crippen LogP contribution in [0.5, 0.6) is 5.75 Å². The minimum absolute atomic E-state index is 0.0293. The lowest BCUT2D eigenvalue weighted by molar-refractivity contribution is -0.131. The third-order valence-electron chi connectivity index (χ3n) is 4.46. The van der Waals surface area contributed by atoms with Crippen LogP contribution in [-0.2, 0) is 24.3 Å². The number of fused-ring (bicyclic) bond motifs is 1. The van der Waals surface area contributed by atoms with Crippen molar-refractivity contribution in [3.8, 4) is 16.2 Å². The van der Waals surface area contributed by atoms with Crippen molar-refractivity contribution in [2.75, 3.05) is 6.54 Å². The smallest absolute Gasteiger partial charge is 0.346 e. The molecule has 0 bridgehead atoms. The molecule has 3 aromatic rings. The Balaban J connectivity index is 1.52. The maximum Gasteiger partial charge on any atom is 0.346 e. The second kappa shape index (κ2) is 7.53. The van der Waals surface area contributed by atoms with Gasteiger partial charge in [0.05, 0.1) is 25.8 Å². The molecule has 2 aromatic heterocycles. The van der Waals surface area contributed by atoms with Crippen molar-refractivity contribution in [1.82, 2.24) is 14.3 Å². The van der Waals surface area contributed by atoms with E-state index in [1.54, 1.807) is 17.4 Å². The highest BCUT2D eigenvalue weighted by Crippen LogP contribution is 2.34. The van der Waals surface area contributed by atoms with Crippen LogP contribution >= 0.6 is 11.3 Å². The average Bonchev–Trinajstić information content (AvgIpc) is 3.39. The molecule has 0 saturated carbocycles. The predicted molar refractivity (Wildman–Crippen MR) is 103 cm³/mol. The number of rotatable bonds is 6. The summed E-state index contributed by atoms with van der Waals surface area (Å²) in [5.74, 6) is 0.375. The Kier molecular flexibility index (Phi) is 4.93. The van der Waals surface area contributed by atoms with Gasteiger partial charge in [0.2, 0.25) is 0 Å². The van der Waals surface area contributed by atoms with Gasteiger partial charge in [-0.15, -0.1) is 11.3 Å². The van der Waals surface area contributed by atoms with Gasteiger partial charge in [-0.05, 0) is 41.5 Å². The zero-order valence-corrected chi connectivity index (χ0v) is 15.6. The number of carbonyl (C=O) groups excluding carboxylic acids is 1. The number of carbonyl (C=O) groups is 1. The van der Waals surface area contributed by atoms with Crippen molar-refractivity contribution in [2.45, 2.75) is 19.5 Å². The summed E-state index contributed by atoms with van der Waals surface area (Å²) in [5, 5.41) is 4.02. The number of nitrogens with zero attached hydrogens (tertiary/aromatic N) is 3. The van der Waals surface area contributed by atoms with E-state index in [9.17, 15) is 14.0 Å². The highest BCUT2D eigenvalue weighted by Gasteiger charge is 2.20. The average molecular weight is 400 g/mol. The van der Waals surface area contributed by atoms with Crippen molar-refractivity contribution >= 4 is 17.3 Å². The zero-order valence-electron chi connectivity index (χ0n) is 14.8. The summed E-state index contributed by atoms with van der Waals surface area (Å²) in [6.07, 6.45) is 2.13. The first kappa shape index (κ1) is 18.3. The van der Waals surface area contributed by atoms with Crippen LogP contribution in [0, 0.1) is 0 Å². The van der Waals surface area contributed by atoms with Crippen molar-refractivity contribution < 1.29 is 13.9 Å². The molecule has 0 radical (unpaired) electrons. The van der Waals surface area contributed by atoms with Crippen LogP contribution < -0.4 is 16.2 Å². The topological polar surface area (TPSA) is 92.1 Å². The highest BCUT2D eigenvalue weighted by atomic mass is 32.1. The first-order chi connectivity index (χ1) is 13.6. The standard InChI is InChI=1S/C19H17FN4O3S/c20-7-12(8-21)9-24-19(26)23(11-22-24)10-15-2-4-17(28-15)13-1-3-16-14(5-13)6-18(25)27-16/h1-5,7,11H,6,8-10,21H2/b12-7+. The molecule has 144 valence electrons. The molecule has 1 aliphatic heterocycles. The molecular formula is C19H17FN4O3S. The number of ether oxygens (including phenoxy) is 1. The second-order valence-corrected chi connectivity index (χ2v) is 7.58. The lowest BCUT2D eigenvalue weighted by Gasteiger charge is -2.02. The highest BCUT2D eigenvalue weighted by molar-refractivity contribution is 7.15. The lowest BCUT2D eigenvalue weighted by Crippen LogP contribution is -2.26. The molecule has 0 fully saturated rings. The Morgan fingerprint density at radius 3 is 2.96 bits per heavy atom. The summed E-state index contributed by atoms with van der Waals surface area (Å²) in [6.45, 7) is 0.430. The maximum atomic E-state index is 12.7. The first-order valence-corrected chi connectivity index (χ1v) is 9.42. The fourth-order valence-electron chi connectivity index (χ4n) is 3.00. The monoisotopic (exact) mass is 400 g/mol. The summed E-state index contributed by atoms with van der Waals surface area (Å²) in [5.41, 5.74) is 7.28. The number of esters is 1. The molecule has 1 aliphatic rings. The molecule has 3 heterocycles. The van der Waals surface area contributed by atoms with Gasteiger partial charge in [-0.25, -0.2) is 13.9 Å². The molecule has 0 amide bonds. The minimum atomic E-state index is -0.323. The molecule has 9 heteroatoms. The molecule has 7 nitrogen and oxygen atoms in total. The van der Waals surface area contributed by atoms with E-state index in [1.807, 2.05) is 24.3 Å². The van der Waals surface area contributed by atoms with Gasteiger partial charge in [-0.2, -0.15) is 5.10 Å². The molecule has 4 rings (SSSR count). The number of benzene rings is 1. The molecule has 0 unspecified atom stereocenters. The van der Waals surface area contributed by atoms with Crippen molar-refractivity contribution in [3.63, 3.8) is 0 Å². The fourth-order valence-corrected chi connectivity index (χ4v) is 4.00. The third kappa shape index (κ3) is 3.54. The quantitative estimate of drug-likeness (QED) is 0.505. The van der Waals surface area contributed by atoms with Crippen molar-refractivity contribution in [1.29, 1.82) is 0 Å². The summed E-state index contributed by atoms with van der Waals surface area (Å²) < 4.78 is 20.5. The zero-order chi connectivity index (χ0) is 19.7. The molecule has 0 spiro atoms. The SMILES string of the molecule is NC/C(=C\F)Cn1ncn(Cc2ccc(-c3ccc4c(c3)CC(=O)O4)s2)c1=O. The number of thiophene rings is 1. The molecule has 28 heavy (non-hydrogen) atoms. The van der Waals surface area contributed by atoms with Crippen LogP contribution in [0.2, 0.25) is 0 Å². The number of aromatic nitrogens is 3. The third-order valence-corrected chi connectivity index (χ3v) is 5.58. The Morgan fingerprint density at radius 2 is 2.18 bits per heavy atom. The molecular weight excluding hydrogens is 383 g/mol. The van der Waals surface area contributed by atoms with Gasteiger partial charge in [-0.1, -0.05) is 0 Å². The summed E-state index contributed by atoms with van der Waals surface area (Å²) in [6, 6.07) is 9.60. The van der Waals surface area contributed by atoms with E-state index in [-0.39, 0.29) is 31.2 Å². The largest absolute Gasteiger partial charge is 0.426 e. The molecule has 0 saturated heterocycles. The van der Waals surface area contributed by atoms with E-state index < -0.39 is 0 Å². The molecule has 0 atom stereocenters. The predicted octanol–water partition coefficient (Wildman–Crippen LogP) is 2.10. The van der Waals surface area contributed by atoms with E-state index in [2.05, 4.69) is 5.10 Å².